The largest absolute Gasteiger partial charge is 0.392 e. The van der Waals surface area contributed by atoms with Crippen LogP contribution in [0.1, 0.15) is 56.1 Å². The summed E-state index contributed by atoms with van der Waals surface area (Å²) in [5, 5.41) is 10.1. The van der Waals surface area contributed by atoms with Crippen LogP contribution >= 0.6 is 11.6 Å². The van der Waals surface area contributed by atoms with Gasteiger partial charge < -0.3 is 10.0 Å². The second-order valence-electron chi connectivity index (χ2n) is 9.62. The van der Waals surface area contributed by atoms with E-state index in [1.807, 2.05) is 30.3 Å². The maximum absolute atomic E-state index is 13.1. The van der Waals surface area contributed by atoms with Crippen molar-refractivity contribution in [2.24, 2.45) is 11.3 Å². The Hall–Kier alpha value is -1.84. The summed E-state index contributed by atoms with van der Waals surface area (Å²) in [7, 11) is 0. The van der Waals surface area contributed by atoms with Gasteiger partial charge in [0.15, 0.2) is 0 Å². The molecule has 1 unspecified atom stereocenters. The molecule has 3 nitrogen and oxygen atoms in total. The van der Waals surface area contributed by atoms with Gasteiger partial charge in [0.05, 0.1) is 6.61 Å². The molecule has 0 bridgehead atoms. The topological polar surface area (TPSA) is 40.5 Å². The highest BCUT2D eigenvalue weighted by molar-refractivity contribution is 6.31. The first-order valence-corrected chi connectivity index (χ1v) is 11.7. The number of halogens is 1. The zero-order chi connectivity index (χ0) is 20.7. The van der Waals surface area contributed by atoms with Gasteiger partial charge in [0.1, 0.15) is 0 Å². The Morgan fingerprint density at radius 3 is 2.47 bits per heavy atom. The van der Waals surface area contributed by atoms with E-state index >= 15 is 0 Å². The zero-order valence-electron chi connectivity index (χ0n) is 17.4. The molecule has 5 rings (SSSR count). The number of likely N-dealkylation sites (tertiary alicyclic amines) is 1. The molecule has 3 aliphatic rings. The third-order valence-corrected chi connectivity index (χ3v) is 8.08. The second-order valence-corrected chi connectivity index (χ2v) is 10.0. The van der Waals surface area contributed by atoms with Gasteiger partial charge in [0, 0.05) is 23.5 Å². The van der Waals surface area contributed by atoms with Crippen LogP contribution in [0.2, 0.25) is 5.02 Å². The minimum atomic E-state index is 0.0297. The molecular weight excluding hydrogens is 394 g/mol. The summed E-state index contributed by atoms with van der Waals surface area (Å²) in [6.07, 6.45) is 9.51. The van der Waals surface area contributed by atoms with Gasteiger partial charge in [-0.05, 0) is 91.2 Å². The average Bonchev–Trinajstić information content (AvgIpc) is 3.44. The lowest BCUT2D eigenvalue weighted by Crippen LogP contribution is -2.40. The van der Waals surface area contributed by atoms with Crippen molar-refractivity contribution in [1.82, 2.24) is 4.90 Å². The van der Waals surface area contributed by atoms with Crippen molar-refractivity contribution < 1.29 is 9.90 Å². The van der Waals surface area contributed by atoms with Crippen molar-refractivity contribution in [1.29, 1.82) is 0 Å². The summed E-state index contributed by atoms with van der Waals surface area (Å²) in [6, 6.07) is 14.5. The number of carbonyl (C=O) groups excluding carboxylic acids is 1. The van der Waals surface area contributed by atoms with Crippen LogP contribution < -0.4 is 0 Å². The quantitative estimate of drug-likeness (QED) is 0.678. The van der Waals surface area contributed by atoms with Crippen molar-refractivity contribution in [3.63, 3.8) is 0 Å². The number of amides is 1. The minimum absolute atomic E-state index is 0.0297. The Bertz CT molecular complexity index is 942. The average molecular weight is 424 g/mol. The summed E-state index contributed by atoms with van der Waals surface area (Å²) in [5.41, 5.74) is 4.70. The third kappa shape index (κ3) is 3.90. The van der Waals surface area contributed by atoms with E-state index in [0.717, 1.165) is 46.7 Å². The molecule has 0 aromatic heterocycles. The zero-order valence-corrected chi connectivity index (χ0v) is 18.2. The monoisotopic (exact) mass is 423 g/mol. The van der Waals surface area contributed by atoms with Crippen molar-refractivity contribution >= 4 is 17.5 Å². The van der Waals surface area contributed by atoms with Crippen LogP contribution in [0.4, 0.5) is 0 Å². The molecule has 1 spiro atoms. The number of benzene rings is 2. The first kappa shape index (κ1) is 20.1. The van der Waals surface area contributed by atoms with Crippen LogP contribution in [0, 0.1) is 11.3 Å². The third-order valence-electron chi connectivity index (χ3n) is 7.73. The molecule has 1 saturated heterocycles. The molecule has 2 aromatic rings. The molecule has 1 atom stereocenters. The molecule has 4 heteroatoms. The Balaban J connectivity index is 1.25. The van der Waals surface area contributed by atoms with Gasteiger partial charge in [-0.25, -0.2) is 0 Å². The summed E-state index contributed by atoms with van der Waals surface area (Å²) in [5.74, 6) is 0.394. The van der Waals surface area contributed by atoms with Crippen LogP contribution in [0.25, 0.3) is 11.1 Å². The van der Waals surface area contributed by atoms with Crippen molar-refractivity contribution in [3.05, 3.63) is 58.6 Å². The van der Waals surface area contributed by atoms with Crippen molar-refractivity contribution in [2.45, 2.75) is 64.0 Å². The van der Waals surface area contributed by atoms with E-state index in [2.05, 4.69) is 17.0 Å². The lowest BCUT2D eigenvalue weighted by molar-refractivity contribution is -0.133. The fraction of sp³-hybridized carbons (Fsp3) is 0.500. The Kier molecular flexibility index (Phi) is 5.37. The number of hydrogen-bond acceptors (Lipinski definition) is 2. The van der Waals surface area contributed by atoms with Gasteiger partial charge in [-0.15, -0.1) is 0 Å². The lowest BCUT2D eigenvalue weighted by Gasteiger charge is -2.35. The van der Waals surface area contributed by atoms with Crippen LogP contribution in [0.3, 0.4) is 0 Å². The van der Waals surface area contributed by atoms with E-state index in [1.54, 1.807) is 0 Å². The first-order chi connectivity index (χ1) is 14.6. The van der Waals surface area contributed by atoms with Crippen LogP contribution in [0.15, 0.2) is 42.5 Å². The van der Waals surface area contributed by atoms with E-state index in [0.29, 0.717) is 17.4 Å². The highest BCUT2D eigenvalue weighted by Crippen LogP contribution is 2.56. The van der Waals surface area contributed by atoms with E-state index in [-0.39, 0.29) is 12.5 Å². The molecule has 1 N–H and O–H groups in total. The Morgan fingerprint density at radius 1 is 1.00 bits per heavy atom. The Morgan fingerprint density at radius 2 is 1.77 bits per heavy atom. The van der Waals surface area contributed by atoms with Crippen LogP contribution in [-0.2, 0) is 17.8 Å². The molecule has 2 saturated carbocycles. The van der Waals surface area contributed by atoms with Crippen LogP contribution in [-0.4, -0.2) is 28.5 Å². The predicted octanol–water partition coefficient (Wildman–Crippen LogP) is 5.61. The van der Waals surface area contributed by atoms with Gasteiger partial charge in [-0.3, -0.25) is 4.79 Å². The molecule has 1 amide bonds. The number of carbonyl (C=O) groups is 1. The van der Waals surface area contributed by atoms with Gasteiger partial charge >= 0.3 is 0 Å². The highest BCUT2D eigenvalue weighted by Gasteiger charge is 2.47. The number of nitrogens with zero attached hydrogens (tertiary/aromatic N) is 1. The summed E-state index contributed by atoms with van der Waals surface area (Å²) < 4.78 is 0. The fourth-order valence-corrected chi connectivity index (χ4v) is 5.78. The van der Waals surface area contributed by atoms with Crippen LogP contribution in [0.5, 0.6) is 0 Å². The number of aliphatic hydroxyl groups is 1. The Labute approximate surface area is 184 Å². The van der Waals surface area contributed by atoms with Crippen molar-refractivity contribution in [3.8, 4) is 11.1 Å². The van der Waals surface area contributed by atoms with E-state index in [4.69, 9.17) is 11.6 Å². The molecule has 1 heterocycles. The van der Waals surface area contributed by atoms with E-state index in [1.165, 1.54) is 38.5 Å². The van der Waals surface area contributed by atoms with Gasteiger partial charge in [-0.2, -0.15) is 0 Å². The maximum atomic E-state index is 13.1. The van der Waals surface area contributed by atoms with Crippen molar-refractivity contribution in [2.75, 3.05) is 6.54 Å². The predicted molar refractivity (Wildman–Crippen MR) is 120 cm³/mol. The number of aliphatic hydroxyl groups excluding tert-OH is 1. The van der Waals surface area contributed by atoms with Gasteiger partial charge in [-0.1, -0.05) is 41.9 Å². The highest BCUT2D eigenvalue weighted by atomic mass is 35.5. The number of hydrogen-bond donors (Lipinski definition) is 1. The second kappa shape index (κ2) is 8.01. The van der Waals surface area contributed by atoms with E-state index < -0.39 is 0 Å². The van der Waals surface area contributed by atoms with Gasteiger partial charge in [0.2, 0.25) is 5.91 Å². The summed E-state index contributed by atoms with van der Waals surface area (Å²) >= 11 is 6.63. The molecular formula is C26H30ClNO2. The molecule has 2 aromatic carbocycles. The fourth-order valence-electron chi connectivity index (χ4n) is 5.53. The SMILES string of the molecule is O=C1C(Cc2ccc(-c3cccc(CO)c3)cc2Cl)CCN1C1CCC2(CC1)CC2. The molecule has 30 heavy (non-hydrogen) atoms. The molecule has 158 valence electrons. The standard InChI is InChI=1S/C26H30ClNO2/c27-24-16-20(19-3-1-2-18(14-19)17-29)4-5-21(24)15-22-8-13-28(25(22)30)23-6-9-26(10-7-23)11-12-26/h1-5,14,16,22-23,29H,6-13,15,17H2. The lowest BCUT2D eigenvalue weighted by atomic mass is 9.83. The van der Waals surface area contributed by atoms with E-state index in [9.17, 15) is 9.90 Å². The molecule has 1 aliphatic heterocycles. The molecule has 3 fully saturated rings. The summed E-state index contributed by atoms with van der Waals surface area (Å²) in [6.45, 7) is 0.937. The molecule has 0 radical (unpaired) electrons. The minimum Gasteiger partial charge on any atom is -0.392 e. The maximum Gasteiger partial charge on any atom is 0.226 e. The number of rotatable bonds is 5. The normalized spacial score (nSPS) is 23.3. The molecule has 2 aliphatic carbocycles. The first-order valence-electron chi connectivity index (χ1n) is 11.4. The van der Waals surface area contributed by atoms with Gasteiger partial charge in [0.25, 0.3) is 0 Å². The summed E-state index contributed by atoms with van der Waals surface area (Å²) in [4.78, 5) is 15.3. The smallest absolute Gasteiger partial charge is 0.226 e.